The van der Waals surface area contributed by atoms with Crippen LogP contribution < -0.4 is 0 Å². The number of benzene rings is 1. The number of hydrogen-bond donors (Lipinski definition) is 0. The van der Waals surface area contributed by atoms with E-state index in [1.165, 1.54) is 6.07 Å². The number of carbonyl (C=O) groups excluding carboxylic acids is 1. The summed E-state index contributed by atoms with van der Waals surface area (Å²) in [7, 11) is 0. The highest BCUT2D eigenvalue weighted by atomic mass is 35.5. The van der Waals surface area contributed by atoms with Crippen molar-refractivity contribution in [3.63, 3.8) is 0 Å². The zero-order chi connectivity index (χ0) is 15.9. The molecule has 0 saturated heterocycles. The maximum atomic E-state index is 13.9. The quantitative estimate of drug-likeness (QED) is 0.743. The minimum atomic E-state index is -0.269. The molecule has 120 valence electrons. The Morgan fingerprint density at radius 3 is 2.91 bits per heavy atom. The lowest BCUT2D eigenvalue weighted by Gasteiger charge is -2.26. The van der Waals surface area contributed by atoms with Gasteiger partial charge in [-0.15, -0.1) is 0 Å². The molecule has 2 rings (SSSR count). The van der Waals surface area contributed by atoms with Gasteiger partial charge >= 0.3 is 5.97 Å². The molecule has 0 fully saturated rings. The van der Waals surface area contributed by atoms with E-state index >= 15 is 0 Å². The van der Waals surface area contributed by atoms with Gasteiger partial charge in [0, 0.05) is 30.1 Å². The molecule has 5 heteroatoms. The molecule has 1 aliphatic heterocycles. The van der Waals surface area contributed by atoms with E-state index in [9.17, 15) is 9.18 Å². The number of nitrogens with zero attached hydrogens (tertiary/aromatic N) is 1. The molecular formula is C17H21ClFNO2. The molecule has 0 aliphatic carbocycles. The van der Waals surface area contributed by atoms with E-state index < -0.39 is 0 Å². The van der Waals surface area contributed by atoms with Crippen LogP contribution in [0.2, 0.25) is 5.02 Å². The van der Waals surface area contributed by atoms with Crippen molar-refractivity contribution in [2.24, 2.45) is 0 Å². The number of esters is 1. The highest BCUT2D eigenvalue weighted by Gasteiger charge is 2.15. The normalized spacial score (nSPS) is 15.5. The van der Waals surface area contributed by atoms with Gasteiger partial charge in [-0.25, -0.2) is 4.39 Å². The van der Waals surface area contributed by atoms with Gasteiger partial charge in [0.05, 0.1) is 6.61 Å². The predicted molar refractivity (Wildman–Crippen MR) is 86.3 cm³/mol. The average molecular weight is 326 g/mol. The Labute approximate surface area is 135 Å². The third-order valence-corrected chi connectivity index (χ3v) is 3.97. The summed E-state index contributed by atoms with van der Waals surface area (Å²) in [6.45, 7) is 4.74. The van der Waals surface area contributed by atoms with Gasteiger partial charge in [-0.2, -0.15) is 0 Å². The maximum Gasteiger partial charge on any atom is 0.305 e. The van der Waals surface area contributed by atoms with E-state index in [-0.39, 0.29) is 11.8 Å². The molecule has 1 aromatic rings. The maximum absolute atomic E-state index is 13.9. The molecular weight excluding hydrogens is 305 g/mol. The number of ether oxygens (including phenoxy) is 1. The second-order valence-electron chi connectivity index (χ2n) is 5.31. The fraction of sp³-hybridized carbons (Fsp3) is 0.471. The number of halogens is 2. The van der Waals surface area contributed by atoms with Crippen molar-refractivity contribution in [3.8, 4) is 0 Å². The summed E-state index contributed by atoms with van der Waals surface area (Å²) in [5.41, 5.74) is 1.66. The molecule has 0 aromatic heterocycles. The van der Waals surface area contributed by atoms with Crippen molar-refractivity contribution >= 4 is 23.1 Å². The first-order chi connectivity index (χ1) is 10.6. The van der Waals surface area contributed by atoms with E-state index in [0.29, 0.717) is 23.6 Å². The molecule has 3 nitrogen and oxygen atoms in total. The van der Waals surface area contributed by atoms with Crippen LogP contribution in [-0.4, -0.2) is 37.1 Å². The summed E-state index contributed by atoms with van der Waals surface area (Å²) in [6, 6.07) is 4.80. The van der Waals surface area contributed by atoms with E-state index in [2.05, 4.69) is 11.0 Å². The highest BCUT2D eigenvalue weighted by molar-refractivity contribution is 6.30. The van der Waals surface area contributed by atoms with Crippen LogP contribution in [0.5, 0.6) is 0 Å². The SMILES string of the molecule is CCOC(=O)CCCN1CC=C(c2ccc(Cl)cc2F)CC1. The van der Waals surface area contributed by atoms with E-state index in [1.807, 2.05) is 6.92 Å². The molecule has 0 saturated carbocycles. The minimum Gasteiger partial charge on any atom is -0.466 e. The van der Waals surface area contributed by atoms with Gasteiger partial charge < -0.3 is 4.74 Å². The summed E-state index contributed by atoms with van der Waals surface area (Å²) in [6.07, 6.45) is 4.10. The van der Waals surface area contributed by atoms with Gasteiger partial charge in [0.2, 0.25) is 0 Å². The zero-order valence-corrected chi connectivity index (χ0v) is 13.5. The van der Waals surface area contributed by atoms with Crippen LogP contribution in [-0.2, 0) is 9.53 Å². The zero-order valence-electron chi connectivity index (χ0n) is 12.8. The topological polar surface area (TPSA) is 29.5 Å². The van der Waals surface area contributed by atoms with Crippen LogP contribution in [0.1, 0.15) is 31.7 Å². The molecule has 1 aliphatic rings. The standard InChI is InChI=1S/C17H21ClFNO2/c1-2-22-17(21)4-3-9-20-10-7-13(8-11-20)15-6-5-14(18)12-16(15)19/h5-7,12H,2-4,8-11H2,1H3. The lowest BCUT2D eigenvalue weighted by Crippen LogP contribution is -2.30. The Balaban J connectivity index is 1.83. The van der Waals surface area contributed by atoms with Crippen LogP contribution in [0.25, 0.3) is 5.57 Å². The average Bonchev–Trinajstić information content (AvgIpc) is 2.48. The largest absolute Gasteiger partial charge is 0.466 e. The molecule has 0 radical (unpaired) electrons. The monoisotopic (exact) mass is 325 g/mol. The van der Waals surface area contributed by atoms with Crippen molar-refractivity contribution in [1.29, 1.82) is 0 Å². The Morgan fingerprint density at radius 2 is 2.27 bits per heavy atom. The van der Waals surface area contributed by atoms with Gasteiger partial charge in [-0.05, 0) is 44.0 Å². The van der Waals surface area contributed by atoms with Gasteiger partial charge in [-0.1, -0.05) is 23.7 Å². The van der Waals surface area contributed by atoms with E-state index in [0.717, 1.165) is 38.0 Å². The Morgan fingerprint density at radius 1 is 1.45 bits per heavy atom. The van der Waals surface area contributed by atoms with Gasteiger partial charge in [-0.3, -0.25) is 9.69 Å². The van der Waals surface area contributed by atoms with Crippen molar-refractivity contribution in [3.05, 3.63) is 40.7 Å². The smallest absolute Gasteiger partial charge is 0.305 e. The molecule has 0 bridgehead atoms. The van der Waals surface area contributed by atoms with Crippen molar-refractivity contribution in [2.45, 2.75) is 26.2 Å². The molecule has 0 amide bonds. The lowest BCUT2D eigenvalue weighted by atomic mass is 9.99. The molecule has 0 spiro atoms. The lowest BCUT2D eigenvalue weighted by molar-refractivity contribution is -0.143. The third kappa shape index (κ3) is 4.82. The van der Waals surface area contributed by atoms with Crippen LogP contribution >= 0.6 is 11.6 Å². The van der Waals surface area contributed by atoms with Gasteiger partial charge in [0.1, 0.15) is 5.82 Å². The van der Waals surface area contributed by atoms with Crippen molar-refractivity contribution < 1.29 is 13.9 Å². The summed E-state index contributed by atoms with van der Waals surface area (Å²) in [4.78, 5) is 13.5. The van der Waals surface area contributed by atoms with Crippen LogP contribution in [0.15, 0.2) is 24.3 Å². The summed E-state index contributed by atoms with van der Waals surface area (Å²) >= 11 is 5.78. The summed E-state index contributed by atoms with van der Waals surface area (Å²) < 4.78 is 18.8. The van der Waals surface area contributed by atoms with Crippen LogP contribution in [0.3, 0.4) is 0 Å². The number of hydrogen-bond acceptors (Lipinski definition) is 3. The molecule has 0 N–H and O–H groups in total. The highest BCUT2D eigenvalue weighted by Crippen LogP contribution is 2.26. The van der Waals surface area contributed by atoms with Crippen molar-refractivity contribution in [2.75, 3.05) is 26.2 Å². The van der Waals surface area contributed by atoms with E-state index in [1.54, 1.807) is 12.1 Å². The van der Waals surface area contributed by atoms with Crippen LogP contribution in [0.4, 0.5) is 4.39 Å². The van der Waals surface area contributed by atoms with Crippen molar-refractivity contribution in [1.82, 2.24) is 4.90 Å². The minimum absolute atomic E-state index is 0.140. The first-order valence-corrected chi connectivity index (χ1v) is 8.00. The second-order valence-corrected chi connectivity index (χ2v) is 5.75. The van der Waals surface area contributed by atoms with Gasteiger partial charge in [0.25, 0.3) is 0 Å². The summed E-state index contributed by atoms with van der Waals surface area (Å²) in [5.74, 6) is -0.409. The molecule has 0 unspecified atom stereocenters. The first-order valence-electron chi connectivity index (χ1n) is 7.62. The number of rotatable bonds is 6. The molecule has 22 heavy (non-hydrogen) atoms. The molecule has 1 heterocycles. The fourth-order valence-corrected chi connectivity index (χ4v) is 2.75. The molecule has 0 atom stereocenters. The summed E-state index contributed by atoms with van der Waals surface area (Å²) in [5, 5.41) is 0.415. The van der Waals surface area contributed by atoms with Gasteiger partial charge in [0.15, 0.2) is 0 Å². The third-order valence-electron chi connectivity index (χ3n) is 3.73. The Hall–Kier alpha value is -1.39. The first kappa shape index (κ1) is 17.0. The number of carbonyl (C=O) groups is 1. The van der Waals surface area contributed by atoms with E-state index in [4.69, 9.17) is 16.3 Å². The Bertz CT molecular complexity index is 560. The van der Waals surface area contributed by atoms with Crippen LogP contribution in [0, 0.1) is 5.82 Å². The molecule has 1 aromatic carbocycles. The fourth-order valence-electron chi connectivity index (χ4n) is 2.59. The predicted octanol–water partition coefficient (Wildman–Crippen LogP) is 3.91. The second kappa shape index (κ2) is 8.30. The Kier molecular flexibility index (Phi) is 6.40.